The van der Waals surface area contributed by atoms with Crippen molar-refractivity contribution in [2.24, 2.45) is 0 Å². The smallest absolute Gasteiger partial charge is 0.0529 e. The van der Waals surface area contributed by atoms with Crippen LogP contribution in [0.2, 0.25) is 0 Å². The largest absolute Gasteiger partial charge is 0.393 e. The molecular weight excluding hydrogens is 188 g/mol. The molecule has 1 aromatic rings. The number of aryl methyl sites for hydroxylation is 1. The van der Waals surface area contributed by atoms with E-state index in [9.17, 15) is 5.11 Å². The predicted molar refractivity (Wildman–Crippen MR) is 60.6 cm³/mol. The molecule has 0 radical (unpaired) electrons. The molecule has 1 unspecified atom stereocenters. The summed E-state index contributed by atoms with van der Waals surface area (Å²) in [5, 5.41) is 12.7. The lowest BCUT2D eigenvalue weighted by atomic mass is 10.3. The Kier molecular flexibility index (Phi) is 3.44. The van der Waals surface area contributed by atoms with E-state index in [2.05, 4.69) is 28.2 Å². The van der Waals surface area contributed by atoms with E-state index in [-0.39, 0.29) is 6.10 Å². The van der Waals surface area contributed by atoms with Gasteiger partial charge in [-0.2, -0.15) is 0 Å². The Morgan fingerprint density at radius 1 is 1.60 bits per heavy atom. The topological polar surface area (TPSA) is 37.2 Å². The van der Waals surface area contributed by atoms with Gasteiger partial charge in [-0.1, -0.05) is 0 Å². The average molecular weight is 208 g/mol. The molecule has 1 aliphatic carbocycles. The second-order valence-electron chi connectivity index (χ2n) is 4.49. The Balaban J connectivity index is 1.83. The van der Waals surface area contributed by atoms with E-state index < -0.39 is 0 Å². The maximum absolute atomic E-state index is 9.24. The number of hydrogen-bond donors (Lipinski definition) is 2. The molecule has 1 saturated carbocycles. The van der Waals surface area contributed by atoms with E-state index in [1.54, 1.807) is 0 Å². The van der Waals surface area contributed by atoms with Crippen LogP contribution in [0.15, 0.2) is 18.3 Å². The first-order valence-electron chi connectivity index (χ1n) is 5.81. The highest BCUT2D eigenvalue weighted by atomic mass is 16.3. The van der Waals surface area contributed by atoms with E-state index in [1.807, 2.05) is 6.92 Å². The van der Waals surface area contributed by atoms with Gasteiger partial charge < -0.3 is 15.0 Å². The monoisotopic (exact) mass is 208 g/mol. The van der Waals surface area contributed by atoms with Gasteiger partial charge in [0.1, 0.15) is 0 Å². The van der Waals surface area contributed by atoms with Crippen molar-refractivity contribution in [3.63, 3.8) is 0 Å². The van der Waals surface area contributed by atoms with Crippen LogP contribution < -0.4 is 5.32 Å². The molecule has 0 amide bonds. The fourth-order valence-electron chi connectivity index (χ4n) is 1.69. The number of nitrogens with zero attached hydrogens (tertiary/aromatic N) is 1. The van der Waals surface area contributed by atoms with Crippen LogP contribution in [0, 0.1) is 0 Å². The Bertz CT molecular complexity index is 282. The van der Waals surface area contributed by atoms with Crippen LogP contribution in [0.4, 0.5) is 0 Å². The number of nitrogens with one attached hydrogen (secondary N) is 1. The Morgan fingerprint density at radius 2 is 2.40 bits per heavy atom. The summed E-state index contributed by atoms with van der Waals surface area (Å²) < 4.78 is 2.22. The van der Waals surface area contributed by atoms with E-state index in [0.717, 1.165) is 25.6 Å². The molecule has 3 heteroatoms. The number of aliphatic hydroxyl groups excluding tert-OH is 1. The van der Waals surface area contributed by atoms with Crippen LogP contribution in [0.3, 0.4) is 0 Å². The Hall–Kier alpha value is -0.800. The zero-order chi connectivity index (χ0) is 10.7. The van der Waals surface area contributed by atoms with E-state index in [0.29, 0.717) is 0 Å². The molecule has 0 saturated heterocycles. The van der Waals surface area contributed by atoms with Crippen LogP contribution in [0.5, 0.6) is 0 Å². The second-order valence-corrected chi connectivity index (χ2v) is 4.49. The van der Waals surface area contributed by atoms with Gasteiger partial charge in [-0.15, -0.1) is 0 Å². The van der Waals surface area contributed by atoms with Crippen molar-refractivity contribution in [3.05, 3.63) is 24.0 Å². The lowest BCUT2D eigenvalue weighted by molar-refractivity contribution is 0.177. The third kappa shape index (κ3) is 3.36. The summed E-state index contributed by atoms with van der Waals surface area (Å²) in [7, 11) is 0. The molecule has 1 heterocycles. The maximum atomic E-state index is 9.24. The minimum absolute atomic E-state index is 0.211. The summed E-state index contributed by atoms with van der Waals surface area (Å²) in [4.78, 5) is 0. The zero-order valence-corrected chi connectivity index (χ0v) is 9.32. The van der Waals surface area contributed by atoms with Gasteiger partial charge in [-0.05, 0) is 38.3 Å². The second kappa shape index (κ2) is 4.81. The fraction of sp³-hybridized carbons (Fsp3) is 0.667. The van der Waals surface area contributed by atoms with Gasteiger partial charge in [0.15, 0.2) is 0 Å². The van der Waals surface area contributed by atoms with Gasteiger partial charge >= 0.3 is 0 Å². The molecule has 1 aromatic heterocycles. The van der Waals surface area contributed by atoms with Gasteiger partial charge in [-0.25, -0.2) is 0 Å². The molecule has 1 fully saturated rings. The third-order valence-electron chi connectivity index (χ3n) is 2.86. The van der Waals surface area contributed by atoms with Gasteiger partial charge in [0.05, 0.1) is 6.10 Å². The van der Waals surface area contributed by atoms with Crippen LogP contribution in [0.1, 0.15) is 31.9 Å². The summed E-state index contributed by atoms with van der Waals surface area (Å²) in [5.74, 6) is 0. The Labute approximate surface area is 91.1 Å². The van der Waals surface area contributed by atoms with Crippen LogP contribution >= 0.6 is 0 Å². The van der Waals surface area contributed by atoms with Gasteiger partial charge in [0.25, 0.3) is 0 Å². The number of rotatable bonds is 6. The summed E-state index contributed by atoms with van der Waals surface area (Å²) in [6, 6.07) is 4.98. The van der Waals surface area contributed by atoms with Crippen molar-refractivity contribution in [2.75, 3.05) is 0 Å². The number of hydrogen-bond acceptors (Lipinski definition) is 2. The van der Waals surface area contributed by atoms with Crippen molar-refractivity contribution in [1.29, 1.82) is 0 Å². The SMILES string of the molecule is CC(O)CCn1cccc1CNC1CC1. The van der Waals surface area contributed by atoms with Crippen LogP contribution in [-0.4, -0.2) is 21.8 Å². The van der Waals surface area contributed by atoms with Crippen LogP contribution in [0.25, 0.3) is 0 Å². The molecular formula is C12H20N2O. The van der Waals surface area contributed by atoms with Crippen molar-refractivity contribution in [2.45, 2.75) is 51.4 Å². The van der Waals surface area contributed by atoms with E-state index >= 15 is 0 Å². The first-order valence-corrected chi connectivity index (χ1v) is 5.81. The van der Waals surface area contributed by atoms with Crippen molar-refractivity contribution >= 4 is 0 Å². The maximum Gasteiger partial charge on any atom is 0.0529 e. The number of aliphatic hydroxyl groups is 1. The Morgan fingerprint density at radius 3 is 3.07 bits per heavy atom. The molecule has 1 atom stereocenters. The van der Waals surface area contributed by atoms with Gasteiger partial charge in [0, 0.05) is 31.0 Å². The zero-order valence-electron chi connectivity index (χ0n) is 9.32. The summed E-state index contributed by atoms with van der Waals surface area (Å²) >= 11 is 0. The highest BCUT2D eigenvalue weighted by Gasteiger charge is 2.20. The van der Waals surface area contributed by atoms with Gasteiger partial charge in [-0.3, -0.25) is 0 Å². The first-order chi connectivity index (χ1) is 7.25. The standard InChI is InChI=1S/C12H20N2O/c1-10(15)6-8-14-7-2-3-12(14)9-13-11-4-5-11/h2-3,7,10-11,13,15H,4-6,8-9H2,1H3. The van der Waals surface area contributed by atoms with Crippen molar-refractivity contribution in [1.82, 2.24) is 9.88 Å². The van der Waals surface area contributed by atoms with Gasteiger partial charge in [0.2, 0.25) is 0 Å². The molecule has 2 N–H and O–H groups in total. The van der Waals surface area contributed by atoms with Crippen molar-refractivity contribution in [3.8, 4) is 0 Å². The van der Waals surface area contributed by atoms with Crippen molar-refractivity contribution < 1.29 is 5.11 Å². The average Bonchev–Trinajstić information content (AvgIpc) is 2.92. The lowest BCUT2D eigenvalue weighted by Crippen LogP contribution is -2.18. The lowest BCUT2D eigenvalue weighted by Gasteiger charge is -2.11. The molecule has 0 aromatic carbocycles. The predicted octanol–water partition coefficient (Wildman–Crippen LogP) is 1.51. The van der Waals surface area contributed by atoms with E-state index in [4.69, 9.17) is 0 Å². The highest BCUT2D eigenvalue weighted by molar-refractivity contribution is 5.07. The minimum Gasteiger partial charge on any atom is -0.393 e. The molecule has 0 bridgehead atoms. The molecule has 84 valence electrons. The summed E-state index contributed by atoms with van der Waals surface area (Å²) in [6.45, 7) is 3.70. The molecule has 15 heavy (non-hydrogen) atoms. The highest BCUT2D eigenvalue weighted by Crippen LogP contribution is 2.19. The minimum atomic E-state index is -0.211. The molecule has 0 aliphatic heterocycles. The summed E-state index contributed by atoms with van der Waals surface area (Å²) in [6.07, 6.45) is 5.36. The molecule has 1 aliphatic rings. The summed E-state index contributed by atoms with van der Waals surface area (Å²) in [5.41, 5.74) is 1.32. The van der Waals surface area contributed by atoms with Crippen LogP contribution in [-0.2, 0) is 13.1 Å². The quantitative estimate of drug-likeness (QED) is 0.743. The fourth-order valence-corrected chi connectivity index (χ4v) is 1.69. The number of aromatic nitrogens is 1. The molecule has 0 spiro atoms. The van der Waals surface area contributed by atoms with E-state index in [1.165, 1.54) is 18.5 Å². The molecule has 3 nitrogen and oxygen atoms in total. The third-order valence-corrected chi connectivity index (χ3v) is 2.86. The first kappa shape index (κ1) is 10.7. The molecule has 2 rings (SSSR count). The normalized spacial score (nSPS) is 18.0.